The fraction of sp³-hybridized carbons (Fsp3) is 0.258. The number of anilines is 2. The standard InChI is InChI=1S/C31H29F3N4O4S2/c1-20-13-14-21(44(41,42)38-15-7-2-8-16-38)17-27(20)35-28(39)19-43-29-18-23(22-9-3-5-11-25(22)36-29)30(40)37-26-12-6-4-10-24(26)31(32,33)34/h3-6,9-14,17-18H,2,7-8,15-16,19H2,1H3,(H,35,39)(H,37,40). The van der Waals surface area contributed by atoms with Crippen LogP contribution in [0.25, 0.3) is 10.9 Å². The zero-order valence-corrected chi connectivity index (χ0v) is 25.3. The molecule has 0 spiro atoms. The predicted molar refractivity (Wildman–Crippen MR) is 164 cm³/mol. The van der Waals surface area contributed by atoms with Crippen molar-refractivity contribution in [3.63, 3.8) is 0 Å². The van der Waals surface area contributed by atoms with E-state index in [9.17, 15) is 31.2 Å². The fourth-order valence-electron chi connectivity index (χ4n) is 4.92. The molecule has 0 radical (unpaired) electrons. The number of nitrogens with one attached hydrogen (secondary N) is 2. The summed E-state index contributed by atoms with van der Waals surface area (Å²) >= 11 is 1.04. The Hall–Kier alpha value is -3.94. The smallest absolute Gasteiger partial charge is 0.325 e. The summed E-state index contributed by atoms with van der Waals surface area (Å²) in [5.74, 6) is -1.30. The van der Waals surface area contributed by atoms with Gasteiger partial charge in [-0.2, -0.15) is 17.5 Å². The molecule has 3 aromatic carbocycles. The topological polar surface area (TPSA) is 108 Å². The number of amides is 2. The van der Waals surface area contributed by atoms with Gasteiger partial charge in [0.1, 0.15) is 0 Å². The van der Waals surface area contributed by atoms with Crippen LogP contribution >= 0.6 is 11.8 Å². The number of carbonyl (C=O) groups is 2. The molecule has 1 aliphatic heterocycles. The third-order valence-corrected chi connectivity index (χ3v) is 10.0. The first kappa shape index (κ1) is 31.5. The summed E-state index contributed by atoms with van der Waals surface area (Å²) in [4.78, 5) is 30.8. The van der Waals surface area contributed by atoms with E-state index in [1.54, 1.807) is 37.3 Å². The van der Waals surface area contributed by atoms with Crippen molar-refractivity contribution >= 4 is 55.9 Å². The molecule has 0 unspecified atom stereocenters. The molecule has 230 valence electrons. The number of piperidine rings is 1. The summed E-state index contributed by atoms with van der Waals surface area (Å²) < 4.78 is 68.3. The number of rotatable bonds is 8. The lowest BCUT2D eigenvalue weighted by Crippen LogP contribution is -2.35. The first-order valence-corrected chi connectivity index (χ1v) is 16.3. The molecule has 1 aromatic heterocycles. The molecule has 2 heterocycles. The molecule has 1 saturated heterocycles. The Morgan fingerprint density at radius 3 is 2.36 bits per heavy atom. The van der Waals surface area contributed by atoms with Crippen LogP contribution < -0.4 is 10.6 Å². The molecular weight excluding hydrogens is 613 g/mol. The molecule has 0 atom stereocenters. The lowest BCUT2D eigenvalue weighted by Gasteiger charge is -2.26. The average molecular weight is 643 g/mol. The van der Waals surface area contributed by atoms with E-state index in [1.807, 2.05) is 0 Å². The van der Waals surface area contributed by atoms with Crippen molar-refractivity contribution in [2.75, 3.05) is 29.5 Å². The largest absolute Gasteiger partial charge is 0.418 e. The molecule has 2 N–H and O–H groups in total. The highest BCUT2D eigenvalue weighted by molar-refractivity contribution is 7.99. The normalized spacial score (nSPS) is 14.4. The van der Waals surface area contributed by atoms with Crippen LogP contribution in [-0.2, 0) is 21.0 Å². The van der Waals surface area contributed by atoms with E-state index < -0.39 is 33.6 Å². The Bertz CT molecular complexity index is 1820. The van der Waals surface area contributed by atoms with Gasteiger partial charge in [-0.1, -0.05) is 54.6 Å². The van der Waals surface area contributed by atoms with Gasteiger partial charge in [-0.05, 0) is 61.7 Å². The minimum atomic E-state index is -4.66. The molecule has 0 saturated carbocycles. The maximum absolute atomic E-state index is 13.5. The highest BCUT2D eigenvalue weighted by atomic mass is 32.2. The van der Waals surface area contributed by atoms with Gasteiger partial charge in [0.2, 0.25) is 15.9 Å². The quantitative estimate of drug-likeness (QED) is 0.207. The Balaban J connectivity index is 1.33. The van der Waals surface area contributed by atoms with Crippen LogP contribution in [0, 0.1) is 6.92 Å². The Labute approximate surface area is 257 Å². The first-order chi connectivity index (χ1) is 20.9. The van der Waals surface area contributed by atoms with Crippen LogP contribution in [0.15, 0.2) is 82.7 Å². The van der Waals surface area contributed by atoms with Crippen molar-refractivity contribution in [2.45, 2.75) is 42.3 Å². The van der Waals surface area contributed by atoms with Crippen LogP contribution in [0.3, 0.4) is 0 Å². The van der Waals surface area contributed by atoms with Gasteiger partial charge in [0.25, 0.3) is 5.91 Å². The van der Waals surface area contributed by atoms with Crippen molar-refractivity contribution in [1.82, 2.24) is 9.29 Å². The minimum Gasteiger partial charge on any atom is -0.325 e. The Morgan fingerprint density at radius 1 is 0.909 bits per heavy atom. The van der Waals surface area contributed by atoms with Crippen molar-refractivity contribution in [2.24, 2.45) is 0 Å². The van der Waals surface area contributed by atoms with Gasteiger partial charge >= 0.3 is 6.18 Å². The van der Waals surface area contributed by atoms with Gasteiger partial charge in [0.05, 0.1) is 38.0 Å². The highest BCUT2D eigenvalue weighted by Crippen LogP contribution is 2.35. The lowest BCUT2D eigenvalue weighted by atomic mass is 10.1. The summed E-state index contributed by atoms with van der Waals surface area (Å²) in [5.41, 5.74) is 0.229. The van der Waals surface area contributed by atoms with Gasteiger partial charge in [0.15, 0.2) is 0 Å². The third kappa shape index (κ3) is 7.06. The van der Waals surface area contributed by atoms with E-state index in [4.69, 9.17) is 0 Å². The number of hydrogen-bond acceptors (Lipinski definition) is 6. The number of para-hydroxylation sites is 2. The Kier molecular flexibility index (Phi) is 9.28. The zero-order chi connectivity index (χ0) is 31.5. The summed E-state index contributed by atoms with van der Waals surface area (Å²) in [6.45, 7) is 2.68. The maximum Gasteiger partial charge on any atom is 0.418 e. The van der Waals surface area contributed by atoms with Gasteiger partial charge in [0, 0.05) is 24.2 Å². The van der Waals surface area contributed by atoms with E-state index >= 15 is 0 Å². The molecule has 44 heavy (non-hydrogen) atoms. The van der Waals surface area contributed by atoms with Gasteiger partial charge < -0.3 is 10.6 Å². The lowest BCUT2D eigenvalue weighted by molar-refractivity contribution is -0.136. The number of fused-ring (bicyclic) bond motifs is 1. The third-order valence-electron chi connectivity index (χ3n) is 7.21. The number of sulfonamides is 1. The van der Waals surface area contributed by atoms with Gasteiger partial charge in [-0.15, -0.1) is 0 Å². The van der Waals surface area contributed by atoms with Gasteiger partial charge in [-0.25, -0.2) is 13.4 Å². The summed E-state index contributed by atoms with van der Waals surface area (Å²) in [6, 6.07) is 17.5. The number of alkyl halides is 3. The number of benzene rings is 3. The van der Waals surface area contributed by atoms with Crippen molar-refractivity contribution in [1.29, 1.82) is 0 Å². The van der Waals surface area contributed by atoms with Crippen LogP contribution in [0.1, 0.15) is 40.7 Å². The van der Waals surface area contributed by atoms with E-state index in [0.717, 1.165) is 37.1 Å². The second kappa shape index (κ2) is 13.0. The number of halogens is 3. The molecule has 0 aliphatic carbocycles. The zero-order valence-electron chi connectivity index (χ0n) is 23.6. The van der Waals surface area contributed by atoms with Crippen molar-refractivity contribution < 1.29 is 31.2 Å². The number of hydrogen-bond donors (Lipinski definition) is 2. The number of aryl methyl sites for hydroxylation is 1. The first-order valence-electron chi connectivity index (χ1n) is 13.8. The van der Waals surface area contributed by atoms with Crippen molar-refractivity contribution in [3.05, 3.63) is 89.5 Å². The molecule has 1 fully saturated rings. The molecule has 4 aromatic rings. The number of thioether (sulfide) groups is 1. The molecule has 2 amide bonds. The number of nitrogens with zero attached hydrogens (tertiary/aromatic N) is 2. The monoisotopic (exact) mass is 642 g/mol. The summed E-state index contributed by atoms with van der Waals surface area (Å²) in [7, 11) is -3.69. The van der Waals surface area contributed by atoms with Crippen LogP contribution in [0.5, 0.6) is 0 Å². The molecule has 0 bridgehead atoms. The summed E-state index contributed by atoms with van der Waals surface area (Å²) in [5, 5.41) is 5.88. The molecule has 5 rings (SSSR count). The Morgan fingerprint density at radius 2 is 1.61 bits per heavy atom. The van der Waals surface area contributed by atoms with Crippen molar-refractivity contribution in [3.8, 4) is 0 Å². The maximum atomic E-state index is 13.5. The molecule has 13 heteroatoms. The second-order valence-electron chi connectivity index (χ2n) is 10.3. The molecule has 8 nitrogen and oxygen atoms in total. The average Bonchev–Trinajstić information content (AvgIpc) is 3.00. The van der Waals surface area contributed by atoms with E-state index in [2.05, 4.69) is 15.6 Å². The number of aromatic nitrogens is 1. The van der Waals surface area contributed by atoms with Crippen LogP contribution in [0.4, 0.5) is 24.5 Å². The fourth-order valence-corrected chi connectivity index (χ4v) is 7.18. The minimum absolute atomic E-state index is 0.0990. The van der Waals surface area contributed by atoms with Crippen LogP contribution in [-0.4, -0.2) is 48.4 Å². The number of pyridine rings is 1. The van der Waals surface area contributed by atoms with Crippen LogP contribution in [0.2, 0.25) is 0 Å². The van der Waals surface area contributed by atoms with Gasteiger partial charge in [-0.3, -0.25) is 9.59 Å². The van der Waals surface area contributed by atoms with E-state index in [-0.39, 0.29) is 21.9 Å². The SMILES string of the molecule is Cc1ccc(S(=O)(=O)N2CCCCC2)cc1NC(=O)CSc1cc(C(=O)Nc2ccccc2C(F)(F)F)c2ccccc2n1. The van der Waals surface area contributed by atoms with E-state index in [1.165, 1.54) is 40.7 Å². The van der Waals surface area contributed by atoms with E-state index in [0.29, 0.717) is 40.3 Å². The highest BCUT2D eigenvalue weighted by Gasteiger charge is 2.34. The molecule has 1 aliphatic rings. The summed E-state index contributed by atoms with van der Waals surface area (Å²) in [6.07, 6.45) is -2.06. The second-order valence-corrected chi connectivity index (χ2v) is 13.2. The number of carbonyl (C=O) groups excluding carboxylic acids is 2. The molecular formula is C31H29F3N4O4S2. The predicted octanol–water partition coefficient (Wildman–Crippen LogP) is 6.72.